The molecule has 0 bridgehead atoms. The molecule has 2 unspecified atom stereocenters. The van der Waals surface area contributed by atoms with Crippen molar-refractivity contribution >= 4 is 11.6 Å². The lowest BCUT2D eigenvalue weighted by Gasteiger charge is -2.35. The Hall–Kier alpha value is -2.04. The summed E-state index contributed by atoms with van der Waals surface area (Å²) in [6.45, 7) is 3.83. The zero-order valence-electron chi connectivity index (χ0n) is 12.2. The van der Waals surface area contributed by atoms with E-state index in [1.54, 1.807) is 0 Å². The summed E-state index contributed by atoms with van der Waals surface area (Å²) in [7, 11) is 0. The van der Waals surface area contributed by atoms with Gasteiger partial charge in [0.1, 0.15) is 5.75 Å². The molecule has 1 amide bonds. The number of para-hydroxylation sites is 1. The third kappa shape index (κ3) is 2.60. The molecule has 0 aromatic heterocycles. The van der Waals surface area contributed by atoms with Crippen molar-refractivity contribution < 1.29 is 14.7 Å². The Morgan fingerprint density at radius 2 is 2.24 bits per heavy atom. The fourth-order valence-electron chi connectivity index (χ4n) is 3.19. The number of carbonyl (C=O) groups is 1. The van der Waals surface area contributed by atoms with E-state index in [9.17, 15) is 4.79 Å². The van der Waals surface area contributed by atoms with Crippen LogP contribution >= 0.6 is 0 Å². The molecule has 5 heteroatoms. The summed E-state index contributed by atoms with van der Waals surface area (Å²) < 4.78 is 5.62. The van der Waals surface area contributed by atoms with Crippen LogP contribution in [-0.2, 0) is 4.79 Å². The number of ether oxygens (including phenoxy) is 1. The molecule has 2 atom stereocenters. The average molecular weight is 288 g/mol. The molecule has 0 spiro atoms. The zero-order valence-corrected chi connectivity index (χ0v) is 12.2. The highest BCUT2D eigenvalue weighted by atomic mass is 16.5. The van der Waals surface area contributed by atoms with Crippen molar-refractivity contribution in [3.8, 4) is 5.75 Å². The van der Waals surface area contributed by atoms with E-state index >= 15 is 0 Å². The Labute approximate surface area is 124 Å². The van der Waals surface area contributed by atoms with Gasteiger partial charge in [0.15, 0.2) is 0 Å². The first-order valence-electron chi connectivity index (χ1n) is 7.42. The van der Waals surface area contributed by atoms with Gasteiger partial charge in [-0.25, -0.2) is 0 Å². The highest BCUT2D eigenvalue weighted by Crippen LogP contribution is 2.35. The SMILES string of the molecule is CC1CN(C(=O)C2CCOc3ccccc32)CC/C1=N\O. The first-order valence-corrected chi connectivity index (χ1v) is 7.42. The van der Waals surface area contributed by atoms with Crippen molar-refractivity contribution in [3.63, 3.8) is 0 Å². The quantitative estimate of drug-likeness (QED) is 0.637. The van der Waals surface area contributed by atoms with Gasteiger partial charge in [-0.05, 0) is 12.5 Å². The lowest BCUT2D eigenvalue weighted by molar-refractivity contribution is -0.134. The van der Waals surface area contributed by atoms with E-state index in [2.05, 4.69) is 5.16 Å². The molecule has 1 saturated heterocycles. The fourth-order valence-corrected chi connectivity index (χ4v) is 3.19. The van der Waals surface area contributed by atoms with Crippen LogP contribution in [0.3, 0.4) is 0 Å². The summed E-state index contributed by atoms with van der Waals surface area (Å²) in [6, 6.07) is 7.77. The van der Waals surface area contributed by atoms with E-state index in [-0.39, 0.29) is 17.7 Å². The third-order valence-corrected chi connectivity index (χ3v) is 4.40. The highest BCUT2D eigenvalue weighted by molar-refractivity contribution is 5.90. The average Bonchev–Trinajstić information content (AvgIpc) is 2.53. The number of rotatable bonds is 1. The molecule has 2 aliphatic heterocycles. The maximum atomic E-state index is 12.8. The molecule has 5 nitrogen and oxygen atoms in total. The largest absolute Gasteiger partial charge is 0.493 e. The normalized spacial score (nSPS) is 27.1. The van der Waals surface area contributed by atoms with Crippen molar-refractivity contribution in [3.05, 3.63) is 29.8 Å². The summed E-state index contributed by atoms with van der Waals surface area (Å²) in [5.41, 5.74) is 1.77. The Morgan fingerprint density at radius 1 is 1.43 bits per heavy atom. The van der Waals surface area contributed by atoms with E-state index in [1.807, 2.05) is 36.1 Å². The number of fused-ring (bicyclic) bond motifs is 1. The molecule has 0 saturated carbocycles. The minimum Gasteiger partial charge on any atom is -0.493 e. The third-order valence-electron chi connectivity index (χ3n) is 4.40. The topological polar surface area (TPSA) is 62.1 Å². The Kier molecular flexibility index (Phi) is 3.82. The second kappa shape index (κ2) is 5.76. The summed E-state index contributed by atoms with van der Waals surface area (Å²) in [6.07, 6.45) is 1.37. The van der Waals surface area contributed by atoms with Crippen molar-refractivity contribution in [2.24, 2.45) is 11.1 Å². The number of likely N-dealkylation sites (tertiary alicyclic amines) is 1. The molecule has 21 heavy (non-hydrogen) atoms. The molecule has 1 fully saturated rings. The molecule has 1 aromatic rings. The van der Waals surface area contributed by atoms with Crippen LogP contribution in [0.5, 0.6) is 5.75 Å². The summed E-state index contributed by atoms with van der Waals surface area (Å²) in [5, 5.41) is 12.3. The summed E-state index contributed by atoms with van der Waals surface area (Å²) >= 11 is 0. The molecule has 3 rings (SSSR count). The van der Waals surface area contributed by atoms with Crippen LogP contribution in [0.2, 0.25) is 0 Å². The van der Waals surface area contributed by atoms with E-state index in [1.165, 1.54) is 0 Å². The van der Waals surface area contributed by atoms with Gasteiger partial charge < -0.3 is 14.8 Å². The number of carbonyl (C=O) groups excluding carboxylic acids is 1. The van der Waals surface area contributed by atoms with Crippen molar-refractivity contribution in [2.75, 3.05) is 19.7 Å². The molecule has 2 heterocycles. The van der Waals surface area contributed by atoms with Gasteiger partial charge in [-0.1, -0.05) is 30.3 Å². The molecule has 1 aromatic carbocycles. The number of amides is 1. The van der Waals surface area contributed by atoms with Crippen molar-refractivity contribution in [1.29, 1.82) is 0 Å². The van der Waals surface area contributed by atoms with E-state index in [0.29, 0.717) is 26.1 Å². The Balaban J connectivity index is 1.78. The predicted molar refractivity (Wildman–Crippen MR) is 78.9 cm³/mol. The van der Waals surface area contributed by atoms with Crippen LogP contribution in [0.25, 0.3) is 0 Å². The lowest BCUT2D eigenvalue weighted by Crippen LogP contribution is -2.45. The zero-order chi connectivity index (χ0) is 14.8. The van der Waals surface area contributed by atoms with Crippen molar-refractivity contribution in [2.45, 2.75) is 25.7 Å². The standard InChI is InChI=1S/C16H20N2O3/c1-11-10-18(8-6-14(11)17-20)16(19)13-7-9-21-15-5-3-2-4-12(13)15/h2-5,11,13,20H,6-10H2,1H3/b17-14+. The fraction of sp³-hybridized carbons (Fsp3) is 0.500. The second-order valence-electron chi connectivity index (χ2n) is 5.75. The number of piperidine rings is 1. The first kappa shape index (κ1) is 13.9. The number of hydrogen-bond acceptors (Lipinski definition) is 4. The van der Waals surface area contributed by atoms with Crippen LogP contribution in [0.4, 0.5) is 0 Å². The van der Waals surface area contributed by atoms with Crippen LogP contribution < -0.4 is 4.74 Å². The Bertz CT molecular complexity index is 570. The number of benzene rings is 1. The van der Waals surface area contributed by atoms with Gasteiger partial charge in [0.25, 0.3) is 0 Å². The van der Waals surface area contributed by atoms with E-state index in [0.717, 1.165) is 23.4 Å². The van der Waals surface area contributed by atoms with Gasteiger partial charge in [0, 0.05) is 31.0 Å². The van der Waals surface area contributed by atoms with Gasteiger partial charge in [-0.2, -0.15) is 0 Å². The smallest absolute Gasteiger partial charge is 0.230 e. The summed E-state index contributed by atoms with van der Waals surface area (Å²) in [5.74, 6) is 0.983. The van der Waals surface area contributed by atoms with Gasteiger partial charge in [0.2, 0.25) is 5.91 Å². The van der Waals surface area contributed by atoms with Gasteiger partial charge in [0.05, 0.1) is 18.2 Å². The molecule has 112 valence electrons. The predicted octanol–water partition coefficient (Wildman–Crippen LogP) is 2.25. The number of nitrogens with zero attached hydrogens (tertiary/aromatic N) is 2. The van der Waals surface area contributed by atoms with Crippen LogP contribution in [-0.4, -0.2) is 41.4 Å². The molecule has 1 N–H and O–H groups in total. The first-order chi connectivity index (χ1) is 10.2. The molecule has 0 radical (unpaired) electrons. The van der Waals surface area contributed by atoms with Crippen LogP contribution in [0, 0.1) is 5.92 Å². The van der Waals surface area contributed by atoms with Gasteiger partial charge in [-0.3, -0.25) is 4.79 Å². The number of oxime groups is 1. The monoisotopic (exact) mass is 288 g/mol. The van der Waals surface area contributed by atoms with Crippen LogP contribution in [0.15, 0.2) is 29.4 Å². The van der Waals surface area contributed by atoms with Crippen molar-refractivity contribution in [1.82, 2.24) is 4.90 Å². The molecule has 2 aliphatic rings. The minimum atomic E-state index is -0.116. The maximum Gasteiger partial charge on any atom is 0.230 e. The molecule has 0 aliphatic carbocycles. The summed E-state index contributed by atoms with van der Waals surface area (Å²) in [4.78, 5) is 14.7. The molecular formula is C16H20N2O3. The highest BCUT2D eigenvalue weighted by Gasteiger charge is 2.33. The Morgan fingerprint density at radius 3 is 3.00 bits per heavy atom. The van der Waals surface area contributed by atoms with E-state index < -0.39 is 0 Å². The number of hydrogen-bond donors (Lipinski definition) is 1. The van der Waals surface area contributed by atoms with E-state index in [4.69, 9.17) is 9.94 Å². The minimum absolute atomic E-state index is 0.114. The van der Waals surface area contributed by atoms with Crippen LogP contribution in [0.1, 0.15) is 31.2 Å². The second-order valence-corrected chi connectivity index (χ2v) is 5.75. The maximum absolute atomic E-state index is 12.8. The van der Waals surface area contributed by atoms with Gasteiger partial charge >= 0.3 is 0 Å². The lowest BCUT2D eigenvalue weighted by atomic mass is 9.90. The van der Waals surface area contributed by atoms with Gasteiger partial charge in [-0.15, -0.1) is 0 Å². The molecular weight excluding hydrogens is 268 g/mol.